The van der Waals surface area contributed by atoms with Gasteiger partial charge in [0.15, 0.2) is 0 Å². The van der Waals surface area contributed by atoms with Crippen molar-refractivity contribution in [2.24, 2.45) is 11.1 Å². The summed E-state index contributed by atoms with van der Waals surface area (Å²) in [5, 5.41) is 2.12. The lowest BCUT2D eigenvalue weighted by atomic mass is 9.83. The van der Waals surface area contributed by atoms with Crippen molar-refractivity contribution in [1.82, 2.24) is 9.80 Å². The van der Waals surface area contributed by atoms with Crippen molar-refractivity contribution in [2.75, 3.05) is 26.2 Å². The zero-order valence-corrected chi connectivity index (χ0v) is 13.6. The third kappa shape index (κ3) is 3.00. The Morgan fingerprint density at radius 1 is 1.43 bits per heavy atom. The molecule has 0 aromatic carbocycles. The number of carbonyl (C=O) groups is 1. The molecule has 0 bridgehead atoms. The monoisotopic (exact) mass is 307 g/mol. The van der Waals surface area contributed by atoms with Gasteiger partial charge in [0.1, 0.15) is 0 Å². The second-order valence-electron chi connectivity index (χ2n) is 6.56. The van der Waals surface area contributed by atoms with E-state index in [-0.39, 0.29) is 17.4 Å². The van der Waals surface area contributed by atoms with E-state index in [1.165, 1.54) is 4.88 Å². The van der Waals surface area contributed by atoms with E-state index in [1.807, 2.05) is 4.90 Å². The van der Waals surface area contributed by atoms with Gasteiger partial charge in [-0.05, 0) is 31.2 Å². The van der Waals surface area contributed by atoms with Gasteiger partial charge in [0.05, 0.1) is 5.41 Å². The molecular formula is C16H25N3OS. The van der Waals surface area contributed by atoms with E-state index in [4.69, 9.17) is 5.73 Å². The smallest absolute Gasteiger partial charge is 0.230 e. The average molecular weight is 307 g/mol. The summed E-state index contributed by atoms with van der Waals surface area (Å²) < 4.78 is 0. The number of amides is 1. The molecule has 1 amide bonds. The van der Waals surface area contributed by atoms with Gasteiger partial charge in [0.2, 0.25) is 5.91 Å². The lowest BCUT2D eigenvalue weighted by Crippen LogP contribution is -2.55. The minimum atomic E-state index is -0.323. The van der Waals surface area contributed by atoms with Crippen molar-refractivity contribution in [1.29, 1.82) is 0 Å². The fraction of sp³-hybridized carbons (Fsp3) is 0.688. The summed E-state index contributed by atoms with van der Waals surface area (Å²) >= 11 is 1.80. The summed E-state index contributed by atoms with van der Waals surface area (Å²) in [7, 11) is 0. The molecule has 2 aliphatic rings. The lowest BCUT2D eigenvalue weighted by molar-refractivity contribution is -0.143. The lowest BCUT2D eigenvalue weighted by Gasteiger charge is -2.39. The Balaban J connectivity index is 1.54. The third-order valence-electron chi connectivity index (χ3n) is 5.14. The van der Waals surface area contributed by atoms with E-state index in [1.54, 1.807) is 11.3 Å². The Bertz CT molecular complexity index is 482. The van der Waals surface area contributed by atoms with E-state index in [0.29, 0.717) is 0 Å². The van der Waals surface area contributed by atoms with Crippen molar-refractivity contribution < 1.29 is 4.79 Å². The molecule has 2 atom stereocenters. The summed E-state index contributed by atoms with van der Waals surface area (Å²) in [6.45, 7) is 6.68. The topological polar surface area (TPSA) is 49.6 Å². The van der Waals surface area contributed by atoms with E-state index in [9.17, 15) is 4.79 Å². The summed E-state index contributed by atoms with van der Waals surface area (Å²) in [6, 6.07) is 4.32. The van der Waals surface area contributed by atoms with Crippen molar-refractivity contribution in [2.45, 2.75) is 38.8 Å². The van der Waals surface area contributed by atoms with Crippen LogP contribution in [0.5, 0.6) is 0 Å². The maximum atomic E-state index is 12.8. The Kier molecular flexibility index (Phi) is 4.33. The van der Waals surface area contributed by atoms with Gasteiger partial charge in [-0.3, -0.25) is 9.69 Å². The molecule has 0 radical (unpaired) electrons. The second kappa shape index (κ2) is 6.07. The molecule has 1 aliphatic heterocycles. The third-order valence-corrected chi connectivity index (χ3v) is 6.00. The molecule has 3 rings (SSSR count). The molecule has 1 saturated carbocycles. The van der Waals surface area contributed by atoms with Gasteiger partial charge in [0.25, 0.3) is 0 Å². The van der Waals surface area contributed by atoms with E-state index in [0.717, 1.165) is 52.0 Å². The Morgan fingerprint density at radius 3 is 2.76 bits per heavy atom. The van der Waals surface area contributed by atoms with Crippen LogP contribution in [-0.2, 0) is 11.3 Å². The molecule has 1 aromatic rings. The number of hydrogen-bond donors (Lipinski definition) is 1. The summed E-state index contributed by atoms with van der Waals surface area (Å²) in [4.78, 5) is 18.7. The Labute approximate surface area is 130 Å². The first-order valence-corrected chi connectivity index (χ1v) is 8.77. The first kappa shape index (κ1) is 15.0. The molecule has 2 heterocycles. The van der Waals surface area contributed by atoms with Crippen LogP contribution in [-0.4, -0.2) is 47.9 Å². The van der Waals surface area contributed by atoms with E-state index in [2.05, 4.69) is 29.3 Å². The van der Waals surface area contributed by atoms with Crippen LogP contribution in [0.15, 0.2) is 17.5 Å². The van der Waals surface area contributed by atoms with Gasteiger partial charge in [-0.1, -0.05) is 12.5 Å². The fourth-order valence-corrected chi connectivity index (χ4v) is 4.30. The largest absolute Gasteiger partial charge is 0.340 e. The highest BCUT2D eigenvalue weighted by atomic mass is 32.1. The molecular weight excluding hydrogens is 282 g/mol. The van der Waals surface area contributed by atoms with Crippen LogP contribution in [0.25, 0.3) is 0 Å². The van der Waals surface area contributed by atoms with Crippen molar-refractivity contribution in [3.63, 3.8) is 0 Å². The van der Waals surface area contributed by atoms with Gasteiger partial charge in [0, 0.05) is 43.6 Å². The van der Waals surface area contributed by atoms with Gasteiger partial charge in [-0.25, -0.2) is 0 Å². The maximum absolute atomic E-state index is 12.8. The number of piperazine rings is 1. The average Bonchev–Trinajstić information content (AvgIpc) is 3.11. The van der Waals surface area contributed by atoms with Crippen LogP contribution in [0.2, 0.25) is 0 Å². The predicted octanol–water partition coefficient (Wildman–Crippen LogP) is 1.91. The quantitative estimate of drug-likeness (QED) is 0.928. The number of thiophene rings is 1. The summed E-state index contributed by atoms with van der Waals surface area (Å²) in [5.74, 6) is 0.281. The maximum Gasteiger partial charge on any atom is 0.230 e. The number of nitrogens with two attached hydrogens (primary N) is 1. The molecule has 1 aromatic heterocycles. The van der Waals surface area contributed by atoms with Gasteiger partial charge in [-0.15, -0.1) is 11.3 Å². The number of carbonyl (C=O) groups excluding carboxylic acids is 1. The molecule has 1 aliphatic carbocycles. The van der Waals surface area contributed by atoms with E-state index >= 15 is 0 Å². The first-order chi connectivity index (χ1) is 10.1. The van der Waals surface area contributed by atoms with Crippen molar-refractivity contribution in [3.05, 3.63) is 22.4 Å². The normalized spacial score (nSPS) is 30.8. The molecule has 1 saturated heterocycles. The molecule has 2 fully saturated rings. The van der Waals surface area contributed by atoms with Crippen LogP contribution in [0, 0.1) is 5.41 Å². The number of hydrogen-bond acceptors (Lipinski definition) is 4. The first-order valence-electron chi connectivity index (χ1n) is 7.89. The number of nitrogens with zero attached hydrogens (tertiary/aromatic N) is 2. The molecule has 116 valence electrons. The zero-order chi connectivity index (χ0) is 14.9. The van der Waals surface area contributed by atoms with Crippen LogP contribution >= 0.6 is 11.3 Å². The van der Waals surface area contributed by atoms with Crippen molar-refractivity contribution >= 4 is 17.2 Å². The molecule has 4 nitrogen and oxygen atoms in total. The van der Waals surface area contributed by atoms with Crippen LogP contribution in [0.3, 0.4) is 0 Å². The highest BCUT2D eigenvalue weighted by Crippen LogP contribution is 2.38. The van der Waals surface area contributed by atoms with Crippen molar-refractivity contribution in [3.8, 4) is 0 Å². The highest BCUT2D eigenvalue weighted by Gasteiger charge is 2.45. The van der Waals surface area contributed by atoms with Gasteiger partial charge < -0.3 is 10.6 Å². The molecule has 5 heteroatoms. The Hall–Kier alpha value is -0.910. The molecule has 2 unspecified atom stereocenters. The zero-order valence-electron chi connectivity index (χ0n) is 12.8. The standard InChI is InChI=1S/C16H25N3OS/c1-16(6-2-5-14(16)17)15(20)19-9-7-18(8-10-19)12-13-4-3-11-21-13/h3-4,11,14H,2,5-10,12,17H2,1H3. The van der Waals surface area contributed by atoms with Crippen LogP contribution in [0.1, 0.15) is 31.1 Å². The fourth-order valence-electron chi connectivity index (χ4n) is 3.55. The summed E-state index contributed by atoms with van der Waals surface area (Å²) in [6.07, 6.45) is 3.02. The second-order valence-corrected chi connectivity index (χ2v) is 7.60. The van der Waals surface area contributed by atoms with E-state index < -0.39 is 0 Å². The Morgan fingerprint density at radius 2 is 2.19 bits per heavy atom. The molecule has 0 spiro atoms. The minimum Gasteiger partial charge on any atom is -0.340 e. The summed E-state index contributed by atoms with van der Waals surface area (Å²) in [5.41, 5.74) is 5.86. The van der Waals surface area contributed by atoms with Gasteiger partial charge >= 0.3 is 0 Å². The molecule has 2 N–H and O–H groups in total. The van der Waals surface area contributed by atoms with Crippen LogP contribution < -0.4 is 5.73 Å². The minimum absolute atomic E-state index is 0.0362. The van der Waals surface area contributed by atoms with Gasteiger partial charge in [-0.2, -0.15) is 0 Å². The highest BCUT2D eigenvalue weighted by molar-refractivity contribution is 7.09. The van der Waals surface area contributed by atoms with Crippen LogP contribution in [0.4, 0.5) is 0 Å². The number of rotatable bonds is 3. The SMILES string of the molecule is CC1(C(=O)N2CCN(Cc3cccs3)CC2)CCCC1N. The molecule has 21 heavy (non-hydrogen) atoms. The predicted molar refractivity (Wildman–Crippen MR) is 86.1 cm³/mol.